The zero-order chi connectivity index (χ0) is 14.7. The molecular formula is C11H10N4O4S. The van der Waals surface area contributed by atoms with Gasteiger partial charge < -0.3 is 0 Å². The fraction of sp³-hybridized carbons (Fsp3) is 0.182. The van der Waals surface area contributed by atoms with Crippen molar-refractivity contribution in [3.8, 4) is 0 Å². The third kappa shape index (κ3) is 2.62. The number of nitrogens with one attached hydrogen (secondary N) is 1. The highest BCUT2D eigenvalue weighted by Gasteiger charge is 2.18. The minimum absolute atomic E-state index is 0.197. The van der Waals surface area contributed by atoms with Gasteiger partial charge in [-0.25, -0.2) is 9.89 Å². The summed E-state index contributed by atoms with van der Waals surface area (Å²) < 4.78 is 1.36. The zero-order valence-corrected chi connectivity index (χ0v) is 11.2. The molecule has 0 saturated heterocycles. The first-order valence-electron chi connectivity index (χ1n) is 5.63. The molecule has 0 fully saturated rings. The number of carbonyl (C=O) groups excluding carboxylic acids is 1. The molecule has 1 aromatic carbocycles. The molecule has 1 N–H and O–H groups in total. The fourth-order valence-corrected chi connectivity index (χ4v) is 2.58. The minimum Gasteiger partial charge on any atom is -0.298 e. The Hall–Kier alpha value is -2.42. The van der Waals surface area contributed by atoms with Crippen LogP contribution in [-0.4, -0.2) is 26.0 Å². The number of benzene rings is 1. The van der Waals surface area contributed by atoms with E-state index >= 15 is 0 Å². The van der Waals surface area contributed by atoms with Crippen LogP contribution in [0.2, 0.25) is 0 Å². The van der Waals surface area contributed by atoms with Crippen LogP contribution in [0.4, 0.5) is 5.69 Å². The van der Waals surface area contributed by atoms with Gasteiger partial charge >= 0.3 is 5.69 Å². The van der Waals surface area contributed by atoms with Crippen LogP contribution < -0.4 is 5.69 Å². The maximum atomic E-state index is 11.4. The van der Waals surface area contributed by atoms with Crippen LogP contribution in [0.15, 0.2) is 33.0 Å². The second-order valence-corrected chi connectivity index (χ2v) is 4.77. The van der Waals surface area contributed by atoms with Gasteiger partial charge in [0.2, 0.25) is 0 Å². The van der Waals surface area contributed by atoms with Crippen LogP contribution in [-0.2, 0) is 6.54 Å². The molecule has 0 aliphatic heterocycles. The SMILES string of the molecule is CCn1c(Sc2ccc(C=O)cc2[N+](=O)[O-])n[nH]c1=O. The average Bonchev–Trinajstić information content (AvgIpc) is 2.79. The van der Waals surface area contributed by atoms with E-state index in [1.807, 2.05) is 0 Å². The van der Waals surface area contributed by atoms with Gasteiger partial charge in [0, 0.05) is 18.2 Å². The predicted molar refractivity (Wildman–Crippen MR) is 71.1 cm³/mol. The van der Waals surface area contributed by atoms with Crippen molar-refractivity contribution < 1.29 is 9.72 Å². The number of hydrogen-bond acceptors (Lipinski definition) is 6. The number of nitro groups is 1. The quantitative estimate of drug-likeness (QED) is 0.507. The summed E-state index contributed by atoms with van der Waals surface area (Å²) in [7, 11) is 0. The smallest absolute Gasteiger partial charge is 0.298 e. The van der Waals surface area contributed by atoms with E-state index in [9.17, 15) is 19.7 Å². The molecule has 1 heterocycles. The molecule has 20 heavy (non-hydrogen) atoms. The van der Waals surface area contributed by atoms with Gasteiger partial charge in [0.1, 0.15) is 6.29 Å². The molecule has 0 unspecified atom stereocenters. The van der Waals surface area contributed by atoms with E-state index in [0.717, 1.165) is 11.8 Å². The molecule has 0 radical (unpaired) electrons. The number of nitro benzene ring substituents is 1. The number of rotatable bonds is 5. The molecule has 2 rings (SSSR count). The van der Waals surface area contributed by atoms with Gasteiger partial charge in [-0.05, 0) is 24.8 Å². The summed E-state index contributed by atoms with van der Waals surface area (Å²) in [5, 5.41) is 17.5. The molecule has 0 spiro atoms. The van der Waals surface area contributed by atoms with Gasteiger partial charge in [0.05, 0.1) is 9.82 Å². The first-order chi connectivity index (χ1) is 9.56. The Balaban J connectivity index is 2.45. The van der Waals surface area contributed by atoms with Crippen molar-refractivity contribution in [3.63, 3.8) is 0 Å². The van der Waals surface area contributed by atoms with Crippen LogP contribution in [0.25, 0.3) is 0 Å². The van der Waals surface area contributed by atoms with Gasteiger partial charge in [-0.2, -0.15) is 0 Å². The van der Waals surface area contributed by atoms with E-state index in [2.05, 4.69) is 10.2 Å². The van der Waals surface area contributed by atoms with Crippen molar-refractivity contribution >= 4 is 23.7 Å². The largest absolute Gasteiger partial charge is 0.343 e. The molecule has 0 aliphatic carbocycles. The highest BCUT2D eigenvalue weighted by Crippen LogP contribution is 2.33. The van der Waals surface area contributed by atoms with Crippen LogP contribution >= 0.6 is 11.8 Å². The molecule has 0 aliphatic rings. The Labute approximate surface area is 117 Å². The van der Waals surface area contributed by atoms with Crippen molar-refractivity contribution in [2.75, 3.05) is 0 Å². The summed E-state index contributed by atoms with van der Waals surface area (Å²) in [6.45, 7) is 2.17. The monoisotopic (exact) mass is 294 g/mol. The van der Waals surface area contributed by atoms with E-state index in [1.165, 1.54) is 22.8 Å². The Morgan fingerprint density at radius 3 is 2.90 bits per heavy atom. The number of aromatic amines is 1. The van der Waals surface area contributed by atoms with Crippen molar-refractivity contribution in [2.45, 2.75) is 23.5 Å². The van der Waals surface area contributed by atoms with Crippen LogP contribution in [0.3, 0.4) is 0 Å². The van der Waals surface area contributed by atoms with Crippen molar-refractivity contribution in [1.82, 2.24) is 14.8 Å². The second-order valence-electron chi connectivity index (χ2n) is 3.76. The summed E-state index contributed by atoms with van der Waals surface area (Å²) in [5.74, 6) is 0. The minimum atomic E-state index is -0.573. The fourth-order valence-electron chi connectivity index (χ4n) is 1.60. The number of carbonyl (C=O) groups is 1. The first-order valence-corrected chi connectivity index (χ1v) is 6.45. The number of hydrogen-bond donors (Lipinski definition) is 1. The van der Waals surface area contributed by atoms with Gasteiger partial charge in [0.15, 0.2) is 5.16 Å². The molecule has 104 valence electrons. The predicted octanol–water partition coefficient (Wildman–Crippen LogP) is 1.46. The summed E-state index contributed by atoms with van der Waals surface area (Å²) in [5.41, 5.74) is -0.351. The zero-order valence-electron chi connectivity index (χ0n) is 10.4. The Bertz CT molecular complexity index is 721. The normalized spacial score (nSPS) is 10.4. The number of H-pyrrole nitrogens is 1. The summed E-state index contributed by atoms with van der Waals surface area (Å²) >= 11 is 0.997. The molecule has 1 aromatic heterocycles. The molecule has 0 bridgehead atoms. The highest BCUT2D eigenvalue weighted by atomic mass is 32.2. The van der Waals surface area contributed by atoms with Crippen molar-refractivity contribution in [3.05, 3.63) is 44.4 Å². The topological polar surface area (TPSA) is 111 Å². The lowest BCUT2D eigenvalue weighted by molar-refractivity contribution is -0.387. The lowest BCUT2D eigenvalue weighted by Gasteiger charge is -2.03. The summed E-state index contributed by atoms with van der Waals surface area (Å²) in [4.78, 5) is 32.9. The molecule has 2 aromatic rings. The molecule has 0 atom stereocenters. The number of nitrogens with zero attached hydrogens (tertiary/aromatic N) is 3. The lowest BCUT2D eigenvalue weighted by atomic mass is 10.2. The third-order valence-electron chi connectivity index (χ3n) is 2.56. The standard InChI is InChI=1S/C11H10N4O4S/c1-2-14-10(17)12-13-11(14)20-9-4-3-7(6-16)5-8(9)15(18)19/h3-6H,2H2,1H3,(H,12,17). The van der Waals surface area contributed by atoms with E-state index in [0.29, 0.717) is 22.9 Å². The van der Waals surface area contributed by atoms with Crippen LogP contribution in [0, 0.1) is 10.1 Å². The van der Waals surface area contributed by atoms with E-state index < -0.39 is 4.92 Å². The molecule has 0 saturated carbocycles. The Morgan fingerprint density at radius 1 is 1.55 bits per heavy atom. The van der Waals surface area contributed by atoms with E-state index in [-0.39, 0.29) is 16.9 Å². The summed E-state index contributed by atoms with van der Waals surface area (Å²) in [6, 6.07) is 4.13. The molecule has 8 nitrogen and oxygen atoms in total. The van der Waals surface area contributed by atoms with Crippen LogP contribution in [0.1, 0.15) is 17.3 Å². The maximum Gasteiger partial charge on any atom is 0.343 e. The third-order valence-corrected chi connectivity index (χ3v) is 3.62. The van der Waals surface area contributed by atoms with Crippen molar-refractivity contribution in [1.29, 1.82) is 0 Å². The molecule has 0 amide bonds. The van der Waals surface area contributed by atoms with Gasteiger partial charge in [-0.3, -0.25) is 19.5 Å². The van der Waals surface area contributed by atoms with Gasteiger partial charge in [-0.1, -0.05) is 6.07 Å². The Morgan fingerprint density at radius 2 is 2.30 bits per heavy atom. The van der Waals surface area contributed by atoms with E-state index in [1.54, 1.807) is 6.92 Å². The number of aldehydes is 1. The van der Waals surface area contributed by atoms with Crippen molar-refractivity contribution in [2.24, 2.45) is 0 Å². The first kappa shape index (κ1) is 14.0. The van der Waals surface area contributed by atoms with Crippen LogP contribution in [0.5, 0.6) is 0 Å². The van der Waals surface area contributed by atoms with Gasteiger partial charge in [-0.15, -0.1) is 5.10 Å². The average molecular weight is 294 g/mol. The van der Waals surface area contributed by atoms with Gasteiger partial charge in [0.25, 0.3) is 5.69 Å². The Kier molecular flexibility index (Phi) is 3.99. The molecular weight excluding hydrogens is 284 g/mol. The second kappa shape index (κ2) is 5.70. The lowest BCUT2D eigenvalue weighted by Crippen LogP contribution is -2.16. The number of aromatic nitrogens is 3. The molecule has 9 heteroatoms. The van der Waals surface area contributed by atoms with E-state index in [4.69, 9.17) is 0 Å². The maximum absolute atomic E-state index is 11.4. The highest BCUT2D eigenvalue weighted by molar-refractivity contribution is 7.99. The summed E-state index contributed by atoms with van der Waals surface area (Å²) in [6.07, 6.45) is 0.540.